The Morgan fingerprint density at radius 2 is 2.00 bits per heavy atom. The monoisotopic (exact) mass is 315 g/mol. The fraction of sp³-hybridized carbons (Fsp3) is 0.429. The van der Waals surface area contributed by atoms with Gasteiger partial charge < -0.3 is 10.1 Å². The third-order valence-corrected chi connectivity index (χ3v) is 2.68. The highest BCUT2D eigenvalue weighted by molar-refractivity contribution is 5.67. The number of pyridine rings is 1. The molecule has 0 spiro atoms. The Balaban J connectivity index is 2.14. The van der Waals surface area contributed by atoms with Crippen molar-refractivity contribution in [3.63, 3.8) is 0 Å². The van der Waals surface area contributed by atoms with Gasteiger partial charge in [-0.15, -0.1) is 0 Å². The van der Waals surface area contributed by atoms with Crippen LogP contribution in [0.5, 0.6) is 0 Å². The third kappa shape index (κ3) is 3.90. The lowest BCUT2D eigenvalue weighted by Gasteiger charge is -2.19. The van der Waals surface area contributed by atoms with Crippen LogP contribution in [0, 0.1) is 0 Å². The zero-order chi connectivity index (χ0) is 16.5. The van der Waals surface area contributed by atoms with Crippen molar-refractivity contribution >= 4 is 11.6 Å². The summed E-state index contributed by atoms with van der Waals surface area (Å²) in [7, 11) is 0. The standard InChI is InChI=1S/C14H16F3N3O2/c1-13(2,3)22-12(21)19-6-9-4-5-10-7-18-11(14(15,16)17)20(10)8-9/h4-5,7-8H,6H2,1-3H3,(H,19,21). The number of carbonyl (C=O) groups excluding carboxylic acids is 1. The first-order valence-corrected chi connectivity index (χ1v) is 6.56. The Bertz CT molecular complexity index is 687. The largest absolute Gasteiger partial charge is 0.450 e. The minimum Gasteiger partial charge on any atom is -0.444 e. The minimum atomic E-state index is -4.54. The first-order valence-electron chi connectivity index (χ1n) is 6.56. The van der Waals surface area contributed by atoms with Gasteiger partial charge in [-0.25, -0.2) is 9.78 Å². The number of alkyl halides is 3. The summed E-state index contributed by atoms with van der Waals surface area (Å²) in [5.74, 6) is -0.999. The first kappa shape index (κ1) is 16.1. The summed E-state index contributed by atoms with van der Waals surface area (Å²) < 4.78 is 44.4. The second-order valence-electron chi connectivity index (χ2n) is 5.77. The molecule has 0 saturated heterocycles. The van der Waals surface area contributed by atoms with Crippen LogP contribution in [-0.2, 0) is 17.5 Å². The van der Waals surface area contributed by atoms with Crippen molar-refractivity contribution in [2.24, 2.45) is 0 Å². The maximum Gasteiger partial charge on any atom is 0.450 e. The van der Waals surface area contributed by atoms with Crippen LogP contribution in [0.25, 0.3) is 5.52 Å². The van der Waals surface area contributed by atoms with Crippen molar-refractivity contribution in [2.75, 3.05) is 0 Å². The van der Waals surface area contributed by atoms with Gasteiger partial charge in [0.1, 0.15) is 5.60 Å². The summed E-state index contributed by atoms with van der Waals surface area (Å²) in [6.07, 6.45) is -2.73. The number of imidazole rings is 1. The van der Waals surface area contributed by atoms with E-state index in [2.05, 4.69) is 10.3 Å². The average Bonchev–Trinajstić information content (AvgIpc) is 2.76. The SMILES string of the molecule is CC(C)(C)OC(=O)NCc1ccc2cnc(C(F)(F)F)n2c1. The molecule has 2 aromatic heterocycles. The van der Waals surface area contributed by atoms with E-state index in [1.165, 1.54) is 12.3 Å². The molecule has 0 aliphatic rings. The van der Waals surface area contributed by atoms with Crippen molar-refractivity contribution in [2.45, 2.75) is 39.1 Å². The van der Waals surface area contributed by atoms with Gasteiger partial charge in [-0.3, -0.25) is 4.40 Å². The van der Waals surface area contributed by atoms with Crippen LogP contribution in [0.3, 0.4) is 0 Å². The Hall–Kier alpha value is -2.25. The molecule has 0 radical (unpaired) electrons. The molecule has 0 saturated carbocycles. The summed E-state index contributed by atoms with van der Waals surface area (Å²) >= 11 is 0. The zero-order valence-corrected chi connectivity index (χ0v) is 12.4. The van der Waals surface area contributed by atoms with Crippen LogP contribution in [0.1, 0.15) is 32.2 Å². The number of fused-ring (bicyclic) bond motifs is 1. The Morgan fingerprint density at radius 1 is 1.32 bits per heavy atom. The van der Waals surface area contributed by atoms with Gasteiger partial charge in [-0.1, -0.05) is 6.07 Å². The normalized spacial score (nSPS) is 12.5. The van der Waals surface area contributed by atoms with Crippen LogP contribution < -0.4 is 5.32 Å². The van der Waals surface area contributed by atoms with Gasteiger partial charge in [0, 0.05) is 12.7 Å². The van der Waals surface area contributed by atoms with Crippen LogP contribution in [0.2, 0.25) is 0 Å². The molecule has 0 aliphatic heterocycles. The molecule has 0 bridgehead atoms. The first-order chi connectivity index (χ1) is 10.1. The Labute approximate surface area is 125 Å². The topological polar surface area (TPSA) is 55.6 Å². The molecule has 22 heavy (non-hydrogen) atoms. The number of aromatic nitrogens is 2. The van der Waals surface area contributed by atoms with Gasteiger partial charge in [0.2, 0.25) is 5.82 Å². The minimum absolute atomic E-state index is 0.0559. The fourth-order valence-electron chi connectivity index (χ4n) is 1.84. The number of rotatable bonds is 2. The number of alkyl carbamates (subject to hydrolysis) is 1. The molecule has 8 heteroatoms. The number of hydrogen-bond donors (Lipinski definition) is 1. The number of halogens is 3. The van der Waals surface area contributed by atoms with Crippen molar-refractivity contribution in [3.8, 4) is 0 Å². The van der Waals surface area contributed by atoms with E-state index in [-0.39, 0.29) is 6.54 Å². The van der Waals surface area contributed by atoms with Gasteiger partial charge in [-0.05, 0) is 32.4 Å². The summed E-state index contributed by atoms with van der Waals surface area (Å²) in [6.45, 7) is 5.22. The van der Waals surface area contributed by atoms with Crippen molar-refractivity contribution in [3.05, 3.63) is 35.9 Å². The number of hydrogen-bond acceptors (Lipinski definition) is 3. The van der Waals surface area contributed by atoms with Gasteiger partial charge in [0.05, 0.1) is 11.7 Å². The number of amides is 1. The second kappa shape index (κ2) is 5.51. The predicted octanol–water partition coefficient (Wildman–Crippen LogP) is 3.38. The molecule has 1 N–H and O–H groups in total. The molecule has 0 aromatic carbocycles. The van der Waals surface area contributed by atoms with E-state index in [0.29, 0.717) is 11.1 Å². The number of nitrogens with zero attached hydrogens (tertiary/aromatic N) is 2. The molecule has 0 atom stereocenters. The molecule has 120 valence electrons. The molecule has 0 fully saturated rings. The van der Waals surface area contributed by atoms with Crippen LogP contribution >= 0.6 is 0 Å². The maximum absolute atomic E-state index is 12.8. The van der Waals surface area contributed by atoms with Crippen molar-refractivity contribution < 1.29 is 22.7 Å². The van der Waals surface area contributed by atoms with E-state index in [1.807, 2.05) is 0 Å². The lowest BCUT2D eigenvalue weighted by atomic mass is 10.2. The quantitative estimate of drug-likeness (QED) is 0.924. The maximum atomic E-state index is 12.8. The van der Waals surface area contributed by atoms with Crippen molar-refractivity contribution in [1.82, 2.24) is 14.7 Å². The molecule has 0 unspecified atom stereocenters. The molecule has 5 nitrogen and oxygen atoms in total. The van der Waals surface area contributed by atoms with Crippen molar-refractivity contribution in [1.29, 1.82) is 0 Å². The molecule has 2 rings (SSSR count). The fourth-order valence-corrected chi connectivity index (χ4v) is 1.84. The predicted molar refractivity (Wildman–Crippen MR) is 73.3 cm³/mol. The smallest absolute Gasteiger partial charge is 0.444 e. The van der Waals surface area contributed by atoms with Crippen LogP contribution in [-0.4, -0.2) is 21.1 Å². The molecular weight excluding hydrogens is 299 g/mol. The zero-order valence-electron chi connectivity index (χ0n) is 12.4. The molecule has 2 heterocycles. The Kier molecular flexibility index (Phi) is 4.04. The van der Waals surface area contributed by atoms with Crippen LogP contribution in [0.4, 0.5) is 18.0 Å². The number of ether oxygens (including phenoxy) is 1. The third-order valence-electron chi connectivity index (χ3n) is 2.68. The van der Waals surface area contributed by atoms with E-state index in [4.69, 9.17) is 4.74 Å². The van der Waals surface area contributed by atoms with Gasteiger partial charge >= 0.3 is 12.3 Å². The van der Waals surface area contributed by atoms with E-state index < -0.39 is 23.7 Å². The van der Waals surface area contributed by atoms with Gasteiger partial charge in [0.25, 0.3) is 0 Å². The van der Waals surface area contributed by atoms with E-state index in [0.717, 1.165) is 10.6 Å². The second-order valence-corrected chi connectivity index (χ2v) is 5.77. The molecule has 1 amide bonds. The number of carbonyl (C=O) groups is 1. The lowest BCUT2D eigenvalue weighted by molar-refractivity contribution is -0.145. The highest BCUT2D eigenvalue weighted by Gasteiger charge is 2.35. The summed E-state index contributed by atoms with van der Waals surface area (Å²) in [6, 6.07) is 3.13. The summed E-state index contributed by atoms with van der Waals surface area (Å²) in [5, 5.41) is 2.49. The number of nitrogens with one attached hydrogen (secondary N) is 1. The molecular formula is C14H16F3N3O2. The van der Waals surface area contributed by atoms with Crippen LogP contribution in [0.15, 0.2) is 24.5 Å². The average molecular weight is 315 g/mol. The Morgan fingerprint density at radius 3 is 2.59 bits per heavy atom. The highest BCUT2D eigenvalue weighted by atomic mass is 19.4. The summed E-state index contributed by atoms with van der Waals surface area (Å²) in [5.41, 5.74) is 0.192. The summed E-state index contributed by atoms with van der Waals surface area (Å²) in [4.78, 5) is 14.9. The molecule has 2 aromatic rings. The van der Waals surface area contributed by atoms with E-state index in [1.54, 1.807) is 26.8 Å². The highest BCUT2D eigenvalue weighted by Crippen LogP contribution is 2.28. The van der Waals surface area contributed by atoms with Gasteiger partial charge in [0.15, 0.2) is 0 Å². The van der Waals surface area contributed by atoms with Gasteiger partial charge in [-0.2, -0.15) is 13.2 Å². The lowest BCUT2D eigenvalue weighted by Crippen LogP contribution is -2.32. The van der Waals surface area contributed by atoms with E-state index in [9.17, 15) is 18.0 Å². The van der Waals surface area contributed by atoms with E-state index >= 15 is 0 Å². The molecule has 0 aliphatic carbocycles.